The molecule has 0 radical (unpaired) electrons. The number of benzene rings is 1. The van der Waals surface area contributed by atoms with Gasteiger partial charge >= 0.3 is 0 Å². The summed E-state index contributed by atoms with van der Waals surface area (Å²) in [6, 6.07) is 8.50. The van der Waals surface area contributed by atoms with Crippen LogP contribution in [0.4, 0.5) is 5.13 Å². The molecule has 0 amide bonds. The molecule has 5 heteroatoms. The first-order valence-electron chi connectivity index (χ1n) is 7.21. The minimum atomic E-state index is 0.187. The topological polar surface area (TPSA) is 28.2 Å². The van der Waals surface area contributed by atoms with Crippen molar-refractivity contribution >= 4 is 28.1 Å². The van der Waals surface area contributed by atoms with Crippen molar-refractivity contribution in [3.63, 3.8) is 0 Å². The van der Waals surface area contributed by atoms with Crippen LogP contribution in [0.5, 0.6) is 0 Å². The van der Waals surface area contributed by atoms with Gasteiger partial charge in [0.1, 0.15) is 0 Å². The summed E-state index contributed by atoms with van der Waals surface area (Å²) >= 11 is 8.02. The van der Waals surface area contributed by atoms with Crippen molar-refractivity contribution in [1.29, 1.82) is 0 Å². The van der Waals surface area contributed by atoms with Gasteiger partial charge in [-0.25, -0.2) is 4.98 Å². The summed E-state index contributed by atoms with van der Waals surface area (Å²) in [7, 11) is 2.06. The van der Waals surface area contributed by atoms with E-state index in [0.29, 0.717) is 6.04 Å². The Labute approximate surface area is 136 Å². The molecule has 21 heavy (non-hydrogen) atoms. The zero-order chi connectivity index (χ0) is 15.4. The molecule has 3 nitrogen and oxygen atoms in total. The molecule has 2 atom stereocenters. The van der Waals surface area contributed by atoms with Crippen molar-refractivity contribution in [1.82, 2.24) is 10.3 Å². The predicted octanol–water partition coefficient (Wildman–Crippen LogP) is 4.66. The molecule has 0 fully saturated rings. The monoisotopic (exact) mass is 323 g/mol. The van der Waals surface area contributed by atoms with Crippen molar-refractivity contribution < 1.29 is 0 Å². The van der Waals surface area contributed by atoms with E-state index in [1.54, 1.807) is 11.3 Å². The van der Waals surface area contributed by atoms with E-state index < -0.39 is 0 Å². The molecule has 0 saturated heterocycles. The first-order chi connectivity index (χ1) is 10.0. The van der Waals surface area contributed by atoms with E-state index in [9.17, 15) is 0 Å². The van der Waals surface area contributed by atoms with Gasteiger partial charge in [0.2, 0.25) is 0 Å². The second-order valence-electron chi connectivity index (χ2n) is 5.13. The molecule has 1 N–H and O–H groups in total. The molecule has 0 aliphatic carbocycles. The van der Waals surface area contributed by atoms with Gasteiger partial charge < -0.3 is 10.2 Å². The zero-order valence-electron chi connectivity index (χ0n) is 12.9. The maximum Gasteiger partial charge on any atom is 0.185 e. The fraction of sp³-hybridized carbons (Fsp3) is 0.438. The van der Waals surface area contributed by atoms with Crippen molar-refractivity contribution in [2.75, 3.05) is 18.5 Å². The lowest BCUT2D eigenvalue weighted by Gasteiger charge is -2.25. The number of halogens is 1. The standard InChI is InChI=1S/C16H22ClN3S/c1-5-18-11(2)15-10-19-16(21-15)20(4)12(3)13-8-6-7-9-14(13)17/h6-12,18H,5H2,1-4H3. The summed E-state index contributed by atoms with van der Waals surface area (Å²) in [6.45, 7) is 7.39. The fourth-order valence-corrected chi connectivity index (χ4v) is 3.51. The van der Waals surface area contributed by atoms with Crippen molar-refractivity contribution in [3.05, 3.63) is 45.9 Å². The van der Waals surface area contributed by atoms with Crippen LogP contribution >= 0.6 is 22.9 Å². The Bertz CT molecular complexity index is 584. The van der Waals surface area contributed by atoms with Crippen molar-refractivity contribution in [2.24, 2.45) is 0 Å². The molecule has 2 rings (SSSR count). The van der Waals surface area contributed by atoms with E-state index in [2.05, 4.69) is 49.1 Å². The third-order valence-electron chi connectivity index (χ3n) is 3.69. The number of anilines is 1. The van der Waals surface area contributed by atoms with Gasteiger partial charge in [0.25, 0.3) is 0 Å². The highest BCUT2D eigenvalue weighted by atomic mass is 35.5. The lowest BCUT2D eigenvalue weighted by molar-refractivity contribution is 0.606. The minimum Gasteiger partial charge on any atom is -0.344 e. The first-order valence-corrected chi connectivity index (χ1v) is 8.40. The van der Waals surface area contributed by atoms with Crippen LogP contribution in [0.15, 0.2) is 30.5 Å². The normalized spacial score (nSPS) is 14.0. The van der Waals surface area contributed by atoms with E-state index in [0.717, 1.165) is 22.3 Å². The van der Waals surface area contributed by atoms with Crippen LogP contribution < -0.4 is 10.2 Å². The highest BCUT2D eigenvalue weighted by molar-refractivity contribution is 7.15. The summed E-state index contributed by atoms with van der Waals surface area (Å²) < 4.78 is 0. The fourth-order valence-electron chi connectivity index (χ4n) is 2.24. The van der Waals surface area contributed by atoms with Gasteiger partial charge in [-0.2, -0.15) is 0 Å². The van der Waals surface area contributed by atoms with Crippen LogP contribution in [-0.4, -0.2) is 18.6 Å². The maximum absolute atomic E-state index is 6.29. The van der Waals surface area contributed by atoms with E-state index in [4.69, 9.17) is 11.6 Å². The lowest BCUT2D eigenvalue weighted by Crippen LogP contribution is -2.21. The molecule has 2 unspecified atom stereocenters. The first kappa shape index (κ1) is 16.3. The molecular formula is C16H22ClN3S. The molecule has 0 bridgehead atoms. The molecule has 0 saturated carbocycles. The average molecular weight is 324 g/mol. The molecule has 1 aromatic carbocycles. The highest BCUT2D eigenvalue weighted by Gasteiger charge is 2.18. The number of nitrogens with one attached hydrogen (secondary N) is 1. The predicted molar refractivity (Wildman–Crippen MR) is 92.5 cm³/mol. The smallest absolute Gasteiger partial charge is 0.185 e. The van der Waals surface area contributed by atoms with Gasteiger partial charge in [0.05, 0.1) is 6.04 Å². The Morgan fingerprint density at radius 1 is 1.33 bits per heavy atom. The Kier molecular flexibility index (Phi) is 5.62. The Morgan fingerprint density at radius 3 is 2.71 bits per heavy atom. The molecule has 1 heterocycles. The highest BCUT2D eigenvalue weighted by Crippen LogP contribution is 2.33. The van der Waals surface area contributed by atoms with Crippen molar-refractivity contribution in [3.8, 4) is 0 Å². The molecule has 1 aromatic heterocycles. The second kappa shape index (κ2) is 7.25. The summed E-state index contributed by atoms with van der Waals surface area (Å²) in [4.78, 5) is 7.99. The molecule has 0 aliphatic heterocycles. The number of nitrogens with zero attached hydrogens (tertiary/aromatic N) is 2. The Morgan fingerprint density at radius 2 is 2.05 bits per heavy atom. The quantitative estimate of drug-likeness (QED) is 0.837. The molecular weight excluding hydrogens is 302 g/mol. The second-order valence-corrected chi connectivity index (χ2v) is 6.58. The van der Waals surface area contributed by atoms with Gasteiger partial charge in [-0.15, -0.1) is 11.3 Å². The summed E-state index contributed by atoms with van der Waals surface area (Å²) in [5, 5.41) is 5.23. The summed E-state index contributed by atoms with van der Waals surface area (Å²) in [5.74, 6) is 0. The van der Waals surface area contributed by atoms with Crippen molar-refractivity contribution in [2.45, 2.75) is 32.9 Å². The molecule has 0 aliphatic rings. The number of thiazole rings is 1. The number of hydrogen-bond acceptors (Lipinski definition) is 4. The maximum atomic E-state index is 6.29. The molecule has 2 aromatic rings. The van der Waals surface area contributed by atoms with Gasteiger partial charge in [-0.1, -0.05) is 36.7 Å². The third-order valence-corrected chi connectivity index (χ3v) is 5.30. The Balaban J connectivity index is 2.16. The van der Waals surface area contributed by atoms with Crippen LogP contribution in [0.1, 0.15) is 43.3 Å². The lowest BCUT2D eigenvalue weighted by atomic mass is 10.1. The zero-order valence-corrected chi connectivity index (χ0v) is 14.5. The van der Waals surface area contributed by atoms with Crippen LogP contribution in [0.25, 0.3) is 0 Å². The van der Waals surface area contributed by atoms with Crippen LogP contribution in [0, 0.1) is 0 Å². The molecule has 114 valence electrons. The van der Waals surface area contributed by atoms with E-state index in [1.165, 1.54) is 4.88 Å². The van der Waals surface area contributed by atoms with Gasteiger partial charge in [0.15, 0.2) is 5.13 Å². The van der Waals surface area contributed by atoms with Crippen LogP contribution in [-0.2, 0) is 0 Å². The van der Waals surface area contributed by atoms with E-state index in [1.807, 2.05) is 24.4 Å². The SMILES string of the molecule is CCNC(C)c1cnc(N(C)C(C)c2ccccc2Cl)s1. The summed E-state index contributed by atoms with van der Waals surface area (Å²) in [6.07, 6.45) is 1.96. The van der Waals surface area contributed by atoms with E-state index >= 15 is 0 Å². The van der Waals surface area contributed by atoms with Crippen LogP contribution in [0.2, 0.25) is 5.02 Å². The van der Waals surface area contributed by atoms with E-state index in [-0.39, 0.29) is 6.04 Å². The number of aromatic nitrogens is 1. The number of hydrogen-bond donors (Lipinski definition) is 1. The minimum absolute atomic E-state index is 0.187. The Hall–Kier alpha value is -1.10. The third kappa shape index (κ3) is 3.76. The average Bonchev–Trinajstić information content (AvgIpc) is 2.96. The van der Waals surface area contributed by atoms with Gasteiger partial charge in [-0.3, -0.25) is 0 Å². The van der Waals surface area contributed by atoms with Gasteiger partial charge in [0, 0.05) is 29.2 Å². The van der Waals surface area contributed by atoms with Gasteiger partial charge in [-0.05, 0) is 32.0 Å². The van der Waals surface area contributed by atoms with Crippen LogP contribution in [0.3, 0.4) is 0 Å². The summed E-state index contributed by atoms with van der Waals surface area (Å²) in [5.41, 5.74) is 1.12. The largest absolute Gasteiger partial charge is 0.344 e. The molecule has 0 spiro atoms. The number of rotatable bonds is 6.